The van der Waals surface area contributed by atoms with Crippen molar-refractivity contribution in [1.29, 1.82) is 0 Å². The second kappa shape index (κ2) is 5.99. The van der Waals surface area contributed by atoms with Gasteiger partial charge in [-0.1, -0.05) is 13.8 Å². The summed E-state index contributed by atoms with van der Waals surface area (Å²) in [5.41, 5.74) is 0. The van der Waals surface area contributed by atoms with Crippen LogP contribution >= 0.6 is 0 Å². The van der Waals surface area contributed by atoms with Crippen LogP contribution in [0.4, 0.5) is 5.82 Å². The molecule has 0 saturated carbocycles. The average molecular weight is 262 g/mol. The number of hydrogen-bond donors (Lipinski definition) is 0. The number of rotatable bonds is 3. The highest BCUT2D eigenvalue weighted by molar-refractivity contribution is 5.78. The number of hydrogen-bond acceptors (Lipinski definition) is 4. The summed E-state index contributed by atoms with van der Waals surface area (Å²) in [6.07, 6.45) is 5.34. The molecular weight excluding hydrogens is 240 g/mol. The third-order valence-corrected chi connectivity index (χ3v) is 3.74. The smallest absolute Gasteiger partial charge is 0.225 e. The maximum absolute atomic E-state index is 12.0. The van der Waals surface area contributed by atoms with Crippen molar-refractivity contribution >= 4 is 11.7 Å². The van der Waals surface area contributed by atoms with E-state index in [0.717, 1.165) is 31.7 Å². The molecule has 2 rings (SSSR count). The number of anilines is 1. The number of aromatic nitrogens is 2. The first kappa shape index (κ1) is 13.8. The molecule has 0 N–H and O–H groups in total. The SMILES string of the molecule is CC(C)C(=O)N(C)C1CCN(c2ccncn2)CC1. The molecule has 1 aromatic rings. The Bertz CT molecular complexity index is 413. The van der Waals surface area contributed by atoms with Gasteiger partial charge in [-0.25, -0.2) is 9.97 Å². The lowest BCUT2D eigenvalue weighted by Gasteiger charge is -2.37. The summed E-state index contributed by atoms with van der Waals surface area (Å²) in [4.78, 5) is 24.4. The Labute approximate surface area is 114 Å². The minimum Gasteiger partial charge on any atom is -0.356 e. The van der Waals surface area contributed by atoms with E-state index < -0.39 is 0 Å². The van der Waals surface area contributed by atoms with E-state index in [1.165, 1.54) is 0 Å². The van der Waals surface area contributed by atoms with E-state index >= 15 is 0 Å². The van der Waals surface area contributed by atoms with Gasteiger partial charge in [-0.15, -0.1) is 0 Å². The van der Waals surface area contributed by atoms with E-state index in [4.69, 9.17) is 0 Å². The summed E-state index contributed by atoms with van der Waals surface area (Å²) in [5, 5.41) is 0. The van der Waals surface area contributed by atoms with Gasteiger partial charge in [0.1, 0.15) is 12.1 Å². The van der Waals surface area contributed by atoms with Gasteiger partial charge in [0.25, 0.3) is 0 Å². The van der Waals surface area contributed by atoms with E-state index in [0.29, 0.717) is 6.04 Å². The molecule has 1 saturated heterocycles. The fourth-order valence-corrected chi connectivity index (χ4v) is 2.54. The van der Waals surface area contributed by atoms with Crippen LogP contribution in [0.1, 0.15) is 26.7 Å². The summed E-state index contributed by atoms with van der Waals surface area (Å²) in [5.74, 6) is 1.29. The zero-order valence-electron chi connectivity index (χ0n) is 11.9. The molecule has 0 aromatic carbocycles. The van der Waals surface area contributed by atoms with E-state index in [2.05, 4.69) is 14.9 Å². The molecular formula is C14H22N4O. The van der Waals surface area contributed by atoms with Gasteiger partial charge in [-0.05, 0) is 18.9 Å². The Morgan fingerprint density at radius 2 is 2.11 bits per heavy atom. The highest BCUT2D eigenvalue weighted by Gasteiger charge is 2.26. The van der Waals surface area contributed by atoms with Crippen LogP contribution in [-0.4, -0.2) is 47.0 Å². The van der Waals surface area contributed by atoms with Gasteiger partial charge in [0.15, 0.2) is 0 Å². The van der Waals surface area contributed by atoms with Crippen LogP contribution in [0.15, 0.2) is 18.6 Å². The first-order valence-electron chi connectivity index (χ1n) is 6.87. The number of piperidine rings is 1. The van der Waals surface area contributed by atoms with Crippen LogP contribution in [-0.2, 0) is 4.79 Å². The number of nitrogens with zero attached hydrogens (tertiary/aromatic N) is 4. The monoisotopic (exact) mass is 262 g/mol. The van der Waals surface area contributed by atoms with Crippen LogP contribution in [0.25, 0.3) is 0 Å². The summed E-state index contributed by atoms with van der Waals surface area (Å²) in [7, 11) is 1.92. The van der Waals surface area contributed by atoms with Crippen molar-refractivity contribution in [3.63, 3.8) is 0 Å². The molecule has 0 spiro atoms. The van der Waals surface area contributed by atoms with Crippen molar-refractivity contribution in [2.24, 2.45) is 5.92 Å². The van der Waals surface area contributed by atoms with Gasteiger partial charge in [0.2, 0.25) is 5.91 Å². The van der Waals surface area contributed by atoms with Crippen molar-refractivity contribution in [2.75, 3.05) is 25.0 Å². The third-order valence-electron chi connectivity index (χ3n) is 3.74. The van der Waals surface area contributed by atoms with Gasteiger partial charge >= 0.3 is 0 Å². The molecule has 5 heteroatoms. The Balaban J connectivity index is 1.91. The normalized spacial score (nSPS) is 16.7. The molecule has 1 amide bonds. The topological polar surface area (TPSA) is 49.3 Å². The van der Waals surface area contributed by atoms with Crippen LogP contribution in [0.5, 0.6) is 0 Å². The van der Waals surface area contributed by atoms with Crippen molar-refractivity contribution in [3.8, 4) is 0 Å². The van der Waals surface area contributed by atoms with Crippen molar-refractivity contribution < 1.29 is 4.79 Å². The van der Waals surface area contributed by atoms with Gasteiger partial charge in [0, 0.05) is 38.3 Å². The van der Waals surface area contributed by atoms with E-state index in [1.807, 2.05) is 31.9 Å². The van der Waals surface area contributed by atoms with Gasteiger partial charge < -0.3 is 9.80 Å². The summed E-state index contributed by atoms with van der Waals surface area (Å²) < 4.78 is 0. The van der Waals surface area contributed by atoms with E-state index in [-0.39, 0.29) is 11.8 Å². The molecule has 1 fully saturated rings. The fourth-order valence-electron chi connectivity index (χ4n) is 2.54. The molecule has 0 atom stereocenters. The second-order valence-corrected chi connectivity index (χ2v) is 5.39. The first-order valence-corrected chi connectivity index (χ1v) is 6.87. The van der Waals surface area contributed by atoms with Gasteiger partial charge in [-0.3, -0.25) is 4.79 Å². The predicted octanol–water partition coefficient (Wildman–Crippen LogP) is 1.56. The van der Waals surface area contributed by atoms with Crippen LogP contribution in [0, 0.1) is 5.92 Å². The molecule has 1 aromatic heterocycles. The molecule has 104 valence electrons. The minimum absolute atomic E-state index is 0.0740. The van der Waals surface area contributed by atoms with Crippen molar-refractivity contribution in [2.45, 2.75) is 32.7 Å². The van der Waals surface area contributed by atoms with Crippen LogP contribution < -0.4 is 4.90 Å². The van der Waals surface area contributed by atoms with Crippen molar-refractivity contribution in [3.05, 3.63) is 18.6 Å². The van der Waals surface area contributed by atoms with Gasteiger partial charge in [0.05, 0.1) is 0 Å². The summed E-state index contributed by atoms with van der Waals surface area (Å²) in [6, 6.07) is 2.29. The number of carbonyl (C=O) groups excluding carboxylic acids is 1. The third kappa shape index (κ3) is 3.22. The molecule has 0 bridgehead atoms. The standard InChI is InChI=1S/C14H22N4O/c1-11(2)14(19)17(3)12-5-8-18(9-6-12)13-4-7-15-10-16-13/h4,7,10-12H,5-6,8-9H2,1-3H3. The molecule has 1 aliphatic rings. The molecule has 0 radical (unpaired) electrons. The largest absolute Gasteiger partial charge is 0.356 e. The number of carbonyl (C=O) groups is 1. The Kier molecular flexibility index (Phi) is 4.35. The Morgan fingerprint density at radius 1 is 1.42 bits per heavy atom. The molecule has 5 nitrogen and oxygen atoms in total. The van der Waals surface area contributed by atoms with Crippen LogP contribution in [0.3, 0.4) is 0 Å². The lowest BCUT2D eigenvalue weighted by Crippen LogP contribution is -2.47. The summed E-state index contributed by atoms with van der Waals surface area (Å²) >= 11 is 0. The lowest BCUT2D eigenvalue weighted by molar-refractivity contribution is -0.135. The Morgan fingerprint density at radius 3 is 2.63 bits per heavy atom. The molecule has 0 aliphatic carbocycles. The maximum Gasteiger partial charge on any atom is 0.225 e. The lowest BCUT2D eigenvalue weighted by atomic mass is 10.0. The zero-order valence-corrected chi connectivity index (χ0v) is 11.9. The quantitative estimate of drug-likeness (QED) is 0.829. The van der Waals surface area contributed by atoms with Crippen LogP contribution in [0.2, 0.25) is 0 Å². The minimum atomic E-state index is 0.0740. The highest BCUT2D eigenvalue weighted by atomic mass is 16.2. The number of amides is 1. The zero-order chi connectivity index (χ0) is 13.8. The summed E-state index contributed by atoms with van der Waals surface area (Å²) in [6.45, 7) is 5.79. The molecule has 0 unspecified atom stereocenters. The second-order valence-electron chi connectivity index (χ2n) is 5.39. The maximum atomic E-state index is 12.0. The fraction of sp³-hybridized carbons (Fsp3) is 0.643. The predicted molar refractivity (Wildman–Crippen MR) is 74.9 cm³/mol. The van der Waals surface area contributed by atoms with Gasteiger partial charge in [-0.2, -0.15) is 0 Å². The molecule has 1 aliphatic heterocycles. The van der Waals surface area contributed by atoms with E-state index in [9.17, 15) is 4.79 Å². The van der Waals surface area contributed by atoms with E-state index in [1.54, 1.807) is 12.5 Å². The molecule has 19 heavy (non-hydrogen) atoms. The Hall–Kier alpha value is -1.65. The van der Waals surface area contributed by atoms with Crippen molar-refractivity contribution in [1.82, 2.24) is 14.9 Å². The first-order chi connectivity index (χ1) is 9.09. The highest BCUT2D eigenvalue weighted by Crippen LogP contribution is 2.20. The molecule has 2 heterocycles. The average Bonchev–Trinajstić information content (AvgIpc) is 2.46.